The van der Waals surface area contributed by atoms with Gasteiger partial charge in [0.1, 0.15) is 0 Å². The van der Waals surface area contributed by atoms with Crippen molar-refractivity contribution in [3.8, 4) is 0 Å². The molecule has 2 N–H and O–H groups in total. The molecule has 0 radical (unpaired) electrons. The lowest BCUT2D eigenvalue weighted by atomic mass is 10.1. The van der Waals surface area contributed by atoms with Crippen LogP contribution in [-0.2, 0) is 6.42 Å². The number of aromatic amines is 1. The number of anilines is 1. The van der Waals surface area contributed by atoms with E-state index in [9.17, 15) is 4.79 Å². The Labute approximate surface area is 75.8 Å². The molecule has 12 heavy (non-hydrogen) atoms. The maximum Gasteiger partial charge on any atom is 0.269 e. The number of nitrogens with one attached hydrogen (secondary N) is 2. The molecule has 2 heterocycles. The van der Waals surface area contributed by atoms with E-state index < -0.39 is 0 Å². The van der Waals surface area contributed by atoms with Crippen molar-refractivity contribution in [2.45, 2.75) is 12.8 Å². The summed E-state index contributed by atoms with van der Waals surface area (Å²) >= 11 is 0. The molecule has 0 atom stereocenters. The van der Waals surface area contributed by atoms with E-state index in [-0.39, 0.29) is 18.0 Å². The minimum absolute atomic E-state index is 0. The number of fused-ring (bicyclic) bond motifs is 1. The Balaban J connectivity index is 0.000000720. The summed E-state index contributed by atoms with van der Waals surface area (Å²) in [4.78, 5) is 11.1. The number of hydrogen-bond acceptors (Lipinski definition) is 3. The van der Waals surface area contributed by atoms with Crippen molar-refractivity contribution in [1.82, 2.24) is 10.2 Å². The first-order valence-electron chi connectivity index (χ1n) is 3.68. The molecule has 2 rings (SSSR count). The minimum Gasteiger partial charge on any atom is -0.383 e. The van der Waals surface area contributed by atoms with E-state index >= 15 is 0 Å². The smallest absolute Gasteiger partial charge is 0.269 e. The molecule has 1 aromatic heterocycles. The van der Waals surface area contributed by atoms with Crippen LogP contribution in [0.5, 0.6) is 0 Å². The topological polar surface area (TPSA) is 57.8 Å². The second kappa shape index (κ2) is 3.58. The maximum atomic E-state index is 11.1. The predicted octanol–water partition coefficient (Wildman–Crippen LogP) is 0.550. The Hall–Kier alpha value is -1.03. The van der Waals surface area contributed by atoms with Gasteiger partial charge in [-0.1, -0.05) is 0 Å². The monoisotopic (exact) mass is 187 g/mol. The molecule has 0 aliphatic carbocycles. The molecule has 5 heteroatoms. The number of nitrogens with zero attached hydrogens (tertiary/aromatic N) is 1. The number of aromatic nitrogens is 2. The summed E-state index contributed by atoms with van der Waals surface area (Å²) in [5, 5.41) is 9.23. The summed E-state index contributed by atoms with van der Waals surface area (Å²) in [6.45, 7) is 0.943. The van der Waals surface area contributed by atoms with E-state index in [1.54, 1.807) is 6.20 Å². The molecule has 0 saturated heterocycles. The van der Waals surface area contributed by atoms with Gasteiger partial charge in [0, 0.05) is 12.1 Å². The third-order valence-corrected chi connectivity index (χ3v) is 1.88. The van der Waals surface area contributed by atoms with Crippen LogP contribution in [0.15, 0.2) is 11.0 Å². The SMILES string of the molecule is Cl.O=c1[nH]ncc2c1CCCN2. The van der Waals surface area contributed by atoms with E-state index in [4.69, 9.17) is 0 Å². The summed E-state index contributed by atoms with van der Waals surface area (Å²) in [6.07, 6.45) is 3.55. The van der Waals surface area contributed by atoms with Crippen LogP contribution in [0.2, 0.25) is 0 Å². The molecular formula is C7H10ClN3O. The van der Waals surface area contributed by atoms with Crippen molar-refractivity contribution < 1.29 is 0 Å². The third kappa shape index (κ3) is 1.43. The molecule has 1 aliphatic rings. The van der Waals surface area contributed by atoms with Crippen LogP contribution in [0, 0.1) is 0 Å². The Kier molecular flexibility index (Phi) is 2.70. The Morgan fingerprint density at radius 2 is 2.33 bits per heavy atom. The second-order valence-electron chi connectivity index (χ2n) is 2.62. The highest BCUT2D eigenvalue weighted by atomic mass is 35.5. The normalized spacial score (nSPS) is 14.0. The Morgan fingerprint density at radius 3 is 3.08 bits per heavy atom. The van der Waals surface area contributed by atoms with Gasteiger partial charge in [-0.2, -0.15) is 5.10 Å². The van der Waals surface area contributed by atoms with Crippen molar-refractivity contribution >= 4 is 18.1 Å². The molecule has 0 saturated carbocycles. The average Bonchev–Trinajstić information content (AvgIpc) is 2.06. The Bertz CT molecular complexity index is 323. The van der Waals surface area contributed by atoms with E-state index in [2.05, 4.69) is 15.5 Å². The molecule has 1 aliphatic heterocycles. The van der Waals surface area contributed by atoms with Crippen LogP contribution in [0.3, 0.4) is 0 Å². The van der Waals surface area contributed by atoms with Gasteiger partial charge in [-0.25, -0.2) is 5.10 Å². The standard InChI is InChI=1S/C7H9N3O.ClH/c11-7-5-2-1-3-8-6(5)4-9-10-7;/h4,8H,1-3H2,(H,10,11);1H. The number of hydrogen-bond donors (Lipinski definition) is 2. The zero-order chi connectivity index (χ0) is 7.68. The molecule has 0 unspecified atom stereocenters. The summed E-state index contributed by atoms with van der Waals surface area (Å²) in [5.41, 5.74) is 1.67. The first-order valence-corrected chi connectivity index (χ1v) is 3.68. The molecule has 0 bridgehead atoms. The fourth-order valence-electron chi connectivity index (χ4n) is 1.31. The fraction of sp³-hybridized carbons (Fsp3) is 0.429. The van der Waals surface area contributed by atoms with Gasteiger partial charge in [0.2, 0.25) is 0 Å². The number of halogens is 1. The summed E-state index contributed by atoms with van der Waals surface area (Å²) in [5.74, 6) is 0. The molecule has 66 valence electrons. The lowest BCUT2D eigenvalue weighted by Crippen LogP contribution is -2.22. The van der Waals surface area contributed by atoms with E-state index in [1.165, 1.54) is 0 Å². The summed E-state index contributed by atoms with van der Waals surface area (Å²) in [6, 6.07) is 0. The maximum absolute atomic E-state index is 11.1. The molecule has 1 aromatic rings. The minimum atomic E-state index is -0.0605. The van der Waals surface area contributed by atoms with Gasteiger partial charge >= 0.3 is 0 Å². The third-order valence-electron chi connectivity index (χ3n) is 1.88. The molecule has 4 nitrogen and oxygen atoms in total. The zero-order valence-electron chi connectivity index (χ0n) is 6.46. The van der Waals surface area contributed by atoms with Gasteiger partial charge in [0.05, 0.1) is 11.9 Å². The first-order chi connectivity index (χ1) is 5.38. The largest absolute Gasteiger partial charge is 0.383 e. The van der Waals surface area contributed by atoms with Crippen LogP contribution >= 0.6 is 12.4 Å². The quantitative estimate of drug-likeness (QED) is 0.624. The number of rotatable bonds is 0. The molecule has 0 spiro atoms. The lowest BCUT2D eigenvalue weighted by molar-refractivity contribution is 0.797. The molecule has 0 aromatic carbocycles. The van der Waals surface area contributed by atoms with E-state index in [1.807, 2.05) is 0 Å². The summed E-state index contributed by atoms with van der Waals surface area (Å²) in [7, 11) is 0. The molecule has 0 fully saturated rings. The van der Waals surface area contributed by atoms with Crippen LogP contribution in [0.1, 0.15) is 12.0 Å². The average molecular weight is 188 g/mol. The van der Waals surface area contributed by atoms with Crippen molar-refractivity contribution in [1.29, 1.82) is 0 Å². The van der Waals surface area contributed by atoms with Crippen LogP contribution in [0.4, 0.5) is 5.69 Å². The second-order valence-corrected chi connectivity index (χ2v) is 2.62. The van der Waals surface area contributed by atoms with E-state index in [0.717, 1.165) is 30.6 Å². The zero-order valence-corrected chi connectivity index (χ0v) is 7.28. The fourth-order valence-corrected chi connectivity index (χ4v) is 1.31. The highest BCUT2D eigenvalue weighted by Gasteiger charge is 2.10. The van der Waals surface area contributed by atoms with Gasteiger partial charge in [0.25, 0.3) is 5.56 Å². The molecule has 0 amide bonds. The lowest BCUT2D eigenvalue weighted by Gasteiger charge is -2.14. The Morgan fingerprint density at radius 1 is 1.50 bits per heavy atom. The van der Waals surface area contributed by atoms with Crippen LogP contribution in [-0.4, -0.2) is 16.7 Å². The van der Waals surface area contributed by atoms with Gasteiger partial charge in [-0.15, -0.1) is 12.4 Å². The van der Waals surface area contributed by atoms with Crippen molar-refractivity contribution in [2.24, 2.45) is 0 Å². The first kappa shape index (κ1) is 9.06. The van der Waals surface area contributed by atoms with Crippen molar-refractivity contribution in [3.63, 3.8) is 0 Å². The van der Waals surface area contributed by atoms with Crippen LogP contribution in [0.25, 0.3) is 0 Å². The highest BCUT2D eigenvalue weighted by molar-refractivity contribution is 5.85. The van der Waals surface area contributed by atoms with Gasteiger partial charge in [-0.3, -0.25) is 4.79 Å². The van der Waals surface area contributed by atoms with Gasteiger partial charge in [0.15, 0.2) is 0 Å². The van der Waals surface area contributed by atoms with E-state index in [0.29, 0.717) is 0 Å². The highest BCUT2D eigenvalue weighted by Crippen LogP contribution is 2.14. The predicted molar refractivity (Wildman–Crippen MR) is 48.9 cm³/mol. The van der Waals surface area contributed by atoms with Crippen molar-refractivity contribution in [3.05, 3.63) is 22.1 Å². The van der Waals surface area contributed by atoms with Gasteiger partial charge < -0.3 is 5.32 Å². The van der Waals surface area contributed by atoms with Gasteiger partial charge in [-0.05, 0) is 12.8 Å². The molecular weight excluding hydrogens is 178 g/mol. The van der Waals surface area contributed by atoms with Crippen LogP contribution < -0.4 is 10.9 Å². The van der Waals surface area contributed by atoms with Crippen molar-refractivity contribution in [2.75, 3.05) is 11.9 Å². The summed E-state index contributed by atoms with van der Waals surface area (Å²) < 4.78 is 0. The number of H-pyrrole nitrogens is 1.